The Morgan fingerprint density at radius 2 is 1.62 bits per heavy atom. The van der Waals surface area contributed by atoms with E-state index in [0.29, 0.717) is 0 Å². The number of hydrogen-bond acceptors (Lipinski definition) is 3. The molecule has 2 heterocycles. The standard InChI is InChI=1S/C27H31N3OSe/c31-27-22-14-6-9-17-25(22)32-30(27)19-11-3-1-2-10-18-28-26-20-12-4-7-15-23(20)29-24-16-8-5-13-21(24)26/h4,6-7,9,12,14-15,17H,1-3,5,8,10-11,13,16,18-19H2,(H,28,29). The van der Waals surface area contributed by atoms with Crippen molar-refractivity contribution < 1.29 is 0 Å². The fourth-order valence-corrected chi connectivity index (χ4v) is 7.03. The molecule has 4 aromatic rings. The minimum atomic E-state index is 0.171. The van der Waals surface area contributed by atoms with Crippen LogP contribution in [0.2, 0.25) is 0 Å². The molecule has 32 heavy (non-hydrogen) atoms. The quantitative estimate of drug-likeness (QED) is 0.246. The van der Waals surface area contributed by atoms with Gasteiger partial charge >= 0.3 is 153 Å². The number of para-hydroxylation sites is 1. The SMILES string of the molecule is O=c1c2ccccc2[se]n1CCCCCCCNc1c2c(nc3ccccc13)CCCC2. The maximum absolute atomic E-state index is 12.5. The van der Waals surface area contributed by atoms with Crippen molar-refractivity contribution in [2.75, 3.05) is 11.9 Å². The van der Waals surface area contributed by atoms with E-state index in [0.717, 1.165) is 43.3 Å². The Balaban J connectivity index is 1.10. The van der Waals surface area contributed by atoms with E-state index in [4.69, 9.17) is 4.98 Å². The zero-order chi connectivity index (χ0) is 21.8. The number of unbranched alkanes of at least 4 members (excludes halogenated alkanes) is 4. The van der Waals surface area contributed by atoms with Crippen molar-refractivity contribution in [2.24, 2.45) is 0 Å². The summed E-state index contributed by atoms with van der Waals surface area (Å²) in [4.78, 5) is 17.4. The van der Waals surface area contributed by atoms with Gasteiger partial charge in [0.25, 0.3) is 0 Å². The average Bonchev–Trinajstić information content (AvgIpc) is 3.15. The molecule has 5 heteroatoms. The Hall–Kier alpha value is -2.36. The molecule has 2 aromatic carbocycles. The number of anilines is 1. The van der Waals surface area contributed by atoms with Crippen LogP contribution in [0.5, 0.6) is 0 Å². The molecule has 0 radical (unpaired) electrons. The summed E-state index contributed by atoms with van der Waals surface area (Å²) in [5.41, 5.74) is 5.44. The number of benzene rings is 2. The van der Waals surface area contributed by atoms with Crippen LogP contribution >= 0.6 is 0 Å². The van der Waals surface area contributed by atoms with Crippen LogP contribution in [0.3, 0.4) is 0 Å². The zero-order valence-electron chi connectivity index (χ0n) is 18.6. The first kappa shape index (κ1) is 21.5. The van der Waals surface area contributed by atoms with Gasteiger partial charge in [-0.2, -0.15) is 0 Å². The molecule has 2 aromatic heterocycles. The Morgan fingerprint density at radius 3 is 2.53 bits per heavy atom. The van der Waals surface area contributed by atoms with Gasteiger partial charge in [0.15, 0.2) is 0 Å². The van der Waals surface area contributed by atoms with Crippen LogP contribution in [0.25, 0.3) is 20.5 Å². The Labute approximate surface area is 195 Å². The number of hydrogen-bond donors (Lipinski definition) is 1. The molecule has 1 aliphatic carbocycles. The summed E-state index contributed by atoms with van der Waals surface area (Å²) in [6, 6.07) is 16.6. The van der Waals surface area contributed by atoms with Gasteiger partial charge in [0.1, 0.15) is 0 Å². The van der Waals surface area contributed by atoms with Gasteiger partial charge in [-0.25, -0.2) is 0 Å². The molecule has 166 valence electrons. The third-order valence-electron chi connectivity index (χ3n) is 6.56. The molecule has 0 atom stereocenters. The van der Waals surface area contributed by atoms with E-state index in [1.165, 1.54) is 65.1 Å². The molecule has 4 nitrogen and oxygen atoms in total. The van der Waals surface area contributed by atoms with Gasteiger partial charge in [-0.15, -0.1) is 0 Å². The second-order valence-corrected chi connectivity index (χ2v) is 11.1. The van der Waals surface area contributed by atoms with Crippen LogP contribution < -0.4 is 10.9 Å². The molecule has 0 saturated carbocycles. The van der Waals surface area contributed by atoms with Crippen molar-refractivity contribution in [2.45, 2.75) is 64.3 Å². The summed E-state index contributed by atoms with van der Waals surface area (Å²) in [5.74, 6) is 0. The summed E-state index contributed by atoms with van der Waals surface area (Å²) < 4.78 is 3.30. The first-order valence-corrected chi connectivity index (χ1v) is 13.7. The number of aromatic nitrogens is 2. The van der Waals surface area contributed by atoms with Gasteiger partial charge in [0, 0.05) is 0 Å². The first-order chi connectivity index (χ1) is 15.8. The van der Waals surface area contributed by atoms with Gasteiger partial charge in [-0.05, 0) is 25.3 Å². The molecular weight excluding hydrogens is 461 g/mol. The van der Waals surface area contributed by atoms with Crippen LogP contribution in [0, 0.1) is 0 Å². The van der Waals surface area contributed by atoms with E-state index < -0.39 is 0 Å². The Bertz CT molecular complexity index is 1270. The van der Waals surface area contributed by atoms with Gasteiger partial charge in [-0.1, -0.05) is 12.1 Å². The number of nitrogens with zero attached hydrogens (tertiary/aromatic N) is 2. The normalized spacial score (nSPS) is 13.5. The molecule has 0 aliphatic heterocycles. The van der Waals surface area contributed by atoms with Crippen LogP contribution in [-0.2, 0) is 19.4 Å². The number of nitrogens with one attached hydrogen (secondary N) is 1. The van der Waals surface area contributed by atoms with E-state index in [1.54, 1.807) is 0 Å². The third kappa shape index (κ3) is 4.55. The van der Waals surface area contributed by atoms with E-state index in [-0.39, 0.29) is 20.3 Å². The smallest absolute Gasteiger partial charge is 0.0487 e. The minimum absolute atomic E-state index is 0.171. The molecule has 0 amide bonds. The van der Waals surface area contributed by atoms with E-state index >= 15 is 0 Å². The summed E-state index contributed by atoms with van der Waals surface area (Å²) >= 11 is 0.171. The fraction of sp³-hybridized carbons (Fsp3) is 0.407. The van der Waals surface area contributed by atoms with Crippen molar-refractivity contribution in [3.8, 4) is 0 Å². The number of rotatable bonds is 9. The predicted octanol–water partition coefficient (Wildman–Crippen LogP) is 5.55. The fourth-order valence-electron chi connectivity index (χ4n) is 4.86. The van der Waals surface area contributed by atoms with Crippen LogP contribution in [0.15, 0.2) is 53.3 Å². The molecule has 0 bridgehead atoms. The van der Waals surface area contributed by atoms with E-state index in [1.807, 2.05) is 18.2 Å². The Kier molecular flexibility index (Phi) is 6.75. The zero-order valence-corrected chi connectivity index (χ0v) is 20.3. The van der Waals surface area contributed by atoms with Crippen molar-refractivity contribution in [1.82, 2.24) is 8.55 Å². The second kappa shape index (κ2) is 10.1. The molecule has 0 fully saturated rings. The summed E-state index contributed by atoms with van der Waals surface area (Å²) in [5, 5.41) is 5.97. The number of aryl methyl sites for hydroxylation is 2. The van der Waals surface area contributed by atoms with Gasteiger partial charge in [-0.3, -0.25) is 4.98 Å². The van der Waals surface area contributed by atoms with Gasteiger partial charge < -0.3 is 0 Å². The summed E-state index contributed by atoms with van der Waals surface area (Å²) in [7, 11) is 0. The molecule has 0 spiro atoms. The van der Waals surface area contributed by atoms with Gasteiger partial charge in [0.05, 0.1) is 0 Å². The average molecular weight is 493 g/mol. The van der Waals surface area contributed by atoms with Crippen LogP contribution in [0.1, 0.15) is 56.2 Å². The molecule has 5 rings (SSSR count). The third-order valence-corrected chi connectivity index (χ3v) is 8.91. The van der Waals surface area contributed by atoms with Crippen molar-refractivity contribution in [3.05, 3.63) is 70.1 Å². The van der Waals surface area contributed by atoms with Crippen molar-refractivity contribution in [3.63, 3.8) is 0 Å². The van der Waals surface area contributed by atoms with Crippen LogP contribution in [0.4, 0.5) is 5.69 Å². The second-order valence-electron chi connectivity index (χ2n) is 8.83. The summed E-state index contributed by atoms with van der Waals surface area (Å²) in [6.07, 6.45) is 10.7. The summed E-state index contributed by atoms with van der Waals surface area (Å²) in [6.45, 7) is 1.92. The van der Waals surface area contributed by atoms with Crippen molar-refractivity contribution in [1.29, 1.82) is 0 Å². The monoisotopic (exact) mass is 493 g/mol. The minimum Gasteiger partial charge on any atom is -0.0487 e. The molecular formula is C27H31N3OSe. The first-order valence-electron chi connectivity index (χ1n) is 12.0. The number of pyridine rings is 1. The van der Waals surface area contributed by atoms with E-state index in [9.17, 15) is 4.79 Å². The topological polar surface area (TPSA) is 46.9 Å². The Morgan fingerprint density at radius 1 is 0.875 bits per heavy atom. The van der Waals surface area contributed by atoms with Gasteiger partial charge in [0.2, 0.25) is 0 Å². The van der Waals surface area contributed by atoms with Crippen molar-refractivity contribution >= 4 is 41.0 Å². The molecule has 0 saturated heterocycles. The molecule has 1 aliphatic rings. The predicted molar refractivity (Wildman–Crippen MR) is 135 cm³/mol. The van der Waals surface area contributed by atoms with E-state index in [2.05, 4.69) is 39.2 Å². The van der Waals surface area contributed by atoms with Crippen LogP contribution in [-0.4, -0.2) is 29.8 Å². The molecule has 1 N–H and O–H groups in total. The number of fused-ring (bicyclic) bond motifs is 3. The maximum atomic E-state index is 12.5. The molecule has 0 unspecified atom stereocenters.